The number of rotatable bonds is 3. The predicted molar refractivity (Wildman–Crippen MR) is 79.3 cm³/mol. The number of esters is 1. The van der Waals surface area contributed by atoms with E-state index in [9.17, 15) is 9.59 Å². The second kappa shape index (κ2) is 5.76. The average molecular weight is 358 g/mol. The fourth-order valence-corrected chi connectivity index (χ4v) is 3.12. The molecule has 0 aliphatic carbocycles. The summed E-state index contributed by atoms with van der Waals surface area (Å²) >= 11 is 4.58. The van der Waals surface area contributed by atoms with E-state index in [1.54, 1.807) is 13.1 Å². The van der Waals surface area contributed by atoms with Crippen LogP contribution in [0.25, 0.3) is 0 Å². The van der Waals surface area contributed by atoms with E-state index in [2.05, 4.69) is 26.3 Å². The van der Waals surface area contributed by atoms with Gasteiger partial charge >= 0.3 is 5.97 Å². The summed E-state index contributed by atoms with van der Waals surface area (Å²) in [5, 5.41) is 7.16. The molecule has 20 heavy (non-hydrogen) atoms. The van der Waals surface area contributed by atoms with Gasteiger partial charge in [-0.3, -0.25) is 9.48 Å². The lowest BCUT2D eigenvalue weighted by molar-refractivity contribution is 0.0602. The zero-order valence-electron chi connectivity index (χ0n) is 11.1. The van der Waals surface area contributed by atoms with E-state index >= 15 is 0 Å². The highest BCUT2D eigenvalue weighted by Gasteiger charge is 2.21. The summed E-state index contributed by atoms with van der Waals surface area (Å²) in [5.41, 5.74) is 0.730. The largest absolute Gasteiger partial charge is 0.465 e. The second-order valence-corrected chi connectivity index (χ2v) is 6.12. The molecule has 0 fully saturated rings. The van der Waals surface area contributed by atoms with Crippen LogP contribution < -0.4 is 5.32 Å². The molecule has 2 aromatic rings. The number of nitrogens with zero attached hydrogens (tertiary/aromatic N) is 2. The smallest absolute Gasteiger partial charge is 0.340 e. The summed E-state index contributed by atoms with van der Waals surface area (Å²) in [6.45, 7) is 1.85. The van der Waals surface area contributed by atoms with Crippen molar-refractivity contribution in [2.45, 2.75) is 6.92 Å². The molecule has 0 bridgehead atoms. The molecule has 2 heterocycles. The maximum absolute atomic E-state index is 12.2. The quantitative estimate of drug-likeness (QED) is 0.856. The molecule has 0 unspecified atom stereocenters. The van der Waals surface area contributed by atoms with E-state index in [1.807, 2.05) is 6.92 Å². The van der Waals surface area contributed by atoms with Gasteiger partial charge in [-0.25, -0.2) is 4.79 Å². The third-order valence-electron chi connectivity index (χ3n) is 2.60. The van der Waals surface area contributed by atoms with Gasteiger partial charge in [-0.2, -0.15) is 5.10 Å². The lowest BCUT2D eigenvalue weighted by Gasteiger charge is -2.06. The number of aromatic nitrogens is 2. The Hall–Kier alpha value is -1.67. The third-order valence-corrected chi connectivity index (χ3v) is 4.14. The minimum atomic E-state index is -0.478. The van der Waals surface area contributed by atoms with E-state index in [0.29, 0.717) is 20.7 Å². The molecule has 0 atom stereocenters. The number of nitrogens with one attached hydrogen (secondary N) is 1. The van der Waals surface area contributed by atoms with Crippen LogP contribution in [0.3, 0.4) is 0 Å². The third kappa shape index (κ3) is 2.75. The minimum absolute atomic E-state index is 0.344. The number of anilines is 1. The molecular weight excluding hydrogens is 346 g/mol. The number of halogens is 1. The normalized spacial score (nSPS) is 10.4. The number of thiophene rings is 1. The van der Waals surface area contributed by atoms with Crippen molar-refractivity contribution < 1.29 is 14.3 Å². The molecule has 0 spiro atoms. The van der Waals surface area contributed by atoms with Crippen LogP contribution in [0, 0.1) is 6.92 Å². The van der Waals surface area contributed by atoms with Crippen LogP contribution >= 0.6 is 27.3 Å². The summed E-state index contributed by atoms with van der Waals surface area (Å²) in [4.78, 5) is 24.8. The van der Waals surface area contributed by atoms with Crippen molar-refractivity contribution in [3.8, 4) is 0 Å². The van der Waals surface area contributed by atoms with Crippen molar-refractivity contribution in [1.82, 2.24) is 9.78 Å². The van der Waals surface area contributed by atoms with Crippen LogP contribution in [0.2, 0.25) is 0 Å². The Labute approximate surface area is 127 Å². The number of methoxy groups -OCH3 is 1. The van der Waals surface area contributed by atoms with Gasteiger partial charge in [0.1, 0.15) is 10.7 Å². The molecule has 0 saturated heterocycles. The van der Waals surface area contributed by atoms with Gasteiger partial charge in [-0.05, 0) is 28.9 Å². The number of carbonyl (C=O) groups excluding carboxylic acids is 2. The fraction of sp³-hybridized carbons (Fsp3) is 0.250. The van der Waals surface area contributed by atoms with Crippen molar-refractivity contribution in [2.24, 2.45) is 7.05 Å². The van der Waals surface area contributed by atoms with E-state index < -0.39 is 5.97 Å². The highest BCUT2D eigenvalue weighted by atomic mass is 79.9. The standard InChI is InChI=1S/C12H12BrN3O3S/c1-6-4-7(12(18)19-3)11(20-6)15-10(17)9-8(13)5-14-16(9)2/h4-5H,1-3H3,(H,15,17). The molecule has 0 radical (unpaired) electrons. The topological polar surface area (TPSA) is 73.2 Å². The number of hydrogen-bond donors (Lipinski definition) is 1. The molecule has 106 valence electrons. The molecule has 0 aliphatic rings. The minimum Gasteiger partial charge on any atom is -0.465 e. The van der Waals surface area contributed by atoms with Crippen molar-refractivity contribution in [3.63, 3.8) is 0 Å². The van der Waals surface area contributed by atoms with Crippen molar-refractivity contribution in [3.05, 3.63) is 32.9 Å². The molecular formula is C12H12BrN3O3S. The fourth-order valence-electron chi connectivity index (χ4n) is 1.70. The van der Waals surface area contributed by atoms with Gasteiger partial charge in [-0.15, -0.1) is 11.3 Å². The van der Waals surface area contributed by atoms with Crippen molar-refractivity contribution >= 4 is 44.1 Å². The van der Waals surface area contributed by atoms with Gasteiger partial charge in [-0.1, -0.05) is 0 Å². The first-order valence-corrected chi connectivity index (χ1v) is 7.22. The Morgan fingerprint density at radius 3 is 2.75 bits per heavy atom. The molecule has 0 saturated carbocycles. The molecule has 0 aromatic carbocycles. The predicted octanol–water partition coefficient (Wildman–Crippen LogP) is 2.59. The Morgan fingerprint density at radius 2 is 2.20 bits per heavy atom. The highest BCUT2D eigenvalue weighted by molar-refractivity contribution is 9.10. The SMILES string of the molecule is COC(=O)c1cc(C)sc1NC(=O)c1c(Br)cnn1C. The first-order chi connectivity index (χ1) is 9.43. The lowest BCUT2D eigenvalue weighted by atomic mass is 10.3. The van der Waals surface area contributed by atoms with Crippen LogP contribution in [0.4, 0.5) is 5.00 Å². The molecule has 2 rings (SSSR count). The monoisotopic (exact) mass is 357 g/mol. The molecule has 6 nitrogen and oxygen atoms in total. The first-order valence-electron chi connectivity index (χ1n) is 5.61. The molecule has 1 amide bonds. The Morgan fingerprint density at radius 1 is 1.50 bits per heavy atom. The maximum atomic E-state index is 12.2. The summed E-state index contributed by atoms with van der Waals surface area (Å²) < 4.78 is 6.74. The number of hydrogen-bond acceptors (Lipinski definition) is 5. The van der Waals surface area contributed by atoms with E-state index in [4.69, 9.17) is 4.74 Å². The number of ether oxygens (including phenoxy) is 1. The molecule has 0 aliphatic heterocycles. The van der Waals surface area contributed by atoms with Crippen LogP contribution in [-0.4, -0.2) is 28.8 Å². The summed E-state index contributed by atoms with van der Waals surface area (Å²) in [6, 6.07) is 1.68. The van der Waals surface area contributed by atoms with Crippen LogP contribution in [0.15, 0.2) is 16.7 Å². The maximum Gasteiger partial charge on any atom is 0.340 e. The Bertz CT molecular complexity index is 658. The Kier molecular flexibility index (Phi) is 4.24. The molecule has 2 aromatic heterocycles. The summed E-state index contributed by atoms with van der Waals surface area (Å²) in [7, 11) is 2.97. The van der Waals surface area contributed by atoms with Gasteiger partial charge < -0.3 is 10.1 Å². The van der Waals surface area contributed by atoms with E-state index in [1.165, 1.54) is 29.3 Å². The van der Waals surface area contributed by atoms with Gasteiger partial charge in [0, 0.05) is 11.9 Å². The number of aryl methyl sites for hydroxylation is 2. The van der Waals surface area contributed by atoms with Crippen LogP contribution in [0.1, 0.15) is 25.7 Å². The van der Waals surface area contributed by atoms with Gasteiger partial charge in [0.05, 0.1) is 23.3 Å². The zero-order valence-corrected chi connectivity index (χ0v) is 13.5. The molecule has 1 N–H and O–H groups in total. The highest BCUT2D eigenvalue weighted by Crippen LogP contribution is 2.29. The number of amides is 1. The second-order valence-electron chi connectivity index (χ2n) is 4.01. The van der Waals surface area contributed by atoms with E-state index in [0.717, 1.165) is 4.88 Å². The number of carbonyl (C=O) groups is 2. The van der Waals surface area contributed by atoms with Crippen LogP contribution in [-0.2, 0) is 11.8 Å². The average Bonchev–Trinajstić information content (AvgIpc) is 2.91. The van der Waals surface area contributed by atoms with Gasteiger partial charge in [0.25, 0.3) is 5.91 Å². The first kappa shape index (κ1) is 14.7. The van der Waals surface area contributed by atoms with Crippen molar-refractivity contribution in [1.29, 1.82) is 0 Å². The van der Waals surface area contributed by atoms with Gasteiger partial charge in [0.15, 0.2) is 0 Å². The van der Waals surface area contributed by atoms with Crippen LogP contribution in [0.5, 0.6) is 0 Å². The zero-order chi connectivity index (χ0) is 14.9. The summed E-state index contributed by atoms with van der Waals surface area (Å²) in [6.07, 6.45) is 1.54. The van der Waals surface area contributed by atoms with E-state index in [-0.39, 0.29) is 5.91 Å². The lowest BCUT2D eigenvalue weighted by Crippen LogP contribution is -2.17. The molecule has 8 heteroatoms. The summed E-state index contributed by atoms with van der Waals surface area (Å²) in [5.74, 6) is -0.822. The van der Waals surface area contributed by atoms with Crippen molar-refractivity contribution in [2.75, 3.05) is 12.4 Å². The Balaban J connectivity index is 2.31. The van der Waals surface area contributed by atoms with Gasteiger partial charge in [0.2, 0.25) is 0 Å².